The first-order valence-electron chi connectivity index (χ1n) is 5.31. The van der Waals surface area contributed by atoms with E-state index in [1.807, 2.05) is 47.3 Å². The Morgan fingerprint density at radius 1 is 1.19 bits per heavy atom. The van der Waals surface area contributed by atoms with Crippen molar-refractivity contribution in [2.24, 2.45) is 0 Å². The molecule has 0 radical (unpaired) electrons. The number of nitrogens with one attached hydrogen (secondary N) is 1. The molecule has 0 unspecified atom stereocenters. The average molecular weight is 217 g/mol. The minimum Gasteiger partial charge on any atom is -0.395 e. The van der Waals surface area contributed by atoms with Crippen molar-refractivity contribution in [2.75, 3.05) is 13.2 Å². The van der Waals surface area contributed by atoms with Crippen molar-refractivity contribution in [3.8, 4) is 5.69 Å². The third-order valence-corrected chi connectivity index (χ3v) is 2.26. The fourth-order valence-corrected chi connectivity index (χ4v) is 1.48. The van der Waals surface area contributed by atoms with E-state index in [4.69, 9.17) is 5.11 Å². The van der Waals surface area contributed by atoms with Crippen molar-refractivity contribution >= 4 is 0 Å². The zero-order valence-electron chi connectivity index (χ0n) is 9.00. The maximum Gasteiger partial charge on any atom is 0.0766 e. The molecule has 2 N–H and O–H groups in total. The summed E-state index contributed by atoms with van der Waals surface area (Å²) in [6.45, 7) is 1.43. The highest BCUT2D eigenvalue weighted by atomic mass is 16.3. The Balaban J connectivity index is 2.02. The van der Waals surface area contributed by atoms with Crippen LogP contribution in [0, 0.1) is 0 Å². The molecule has 0 aliphatic carbocycles. The van der Waals surface area contributed by atoms with Crippen molar-refractivity contribution < 1.29 is 5.11 Å². The lowest BCUT2D eigenvalue weighted by molar-refractivity contribution is 0.291. The number of para-hydroxylation sites is 1. The first-order chi connectivity index (χ1) is 7.90. The Labute approximate surface area is 94.5 Å². The van der Waals surface area contributed by atoms with Crippen molar-refractivity contribution in [1.82, 2.24) is 15.1 Å². The molecule has 0 bridgehead atoms. The van der Waals surface area contributed by atoms with Crippen molar-refractivity contribution in [1.29, 1.82) is 0 Å². The molecule has 0 saturated heterocycles. The number of aliphatic hydroxyl groups excluding tert-OH is 1. The second-order valence-electron chi connectivity index (χ2n) is 3.49. The lowest BCUT2D eigenvalue weighted by Gasteiger charge is -2.00. The molecule has 2 aromatic rings. The van der Waals surface area contributed by atoms with Crippen LogP contribution in [0.2, 0.25) is 0 Å². The van der Waals surface area contributed by atoms with Crippen LogP contribution in [0.25, 0.3) is 5.69 Å². The first-order valence-corrected chi connectivity index (χ1v) is 5.31. The second-order valence-corrected chi connectivity index (χ2v) is 3.49. The molecule has 2 rings (SSSR count). The standard InChI is InChI=1S/C12H15N3O/c16-9-7-13-10-11-6-8-15(14-11)12-4-2-1-3-5-12/h1-6,8,13,16H,7,9-10H2. The van der Waals surface area contributed by atoms with Gasteiger partial charge in [-0.3, -0.25) is 0 Å². The zero-order valence-corrected chi connectivity index (χ0v) is 9.00. The summed E-state index contributed by atoms with van der Waals surface area (Å²) in [6, 6.07) is 11.9. The van der Waals surface area contributed by atoms with Crippen LogP contribution in [0.5, 0.6) is 0 Å². The fourth-order valence-electron chi connectivity index (χ4n) is 1.48. The number of nitrogens with zero attached hydrogens (tertiary/aromatic N) is 2. The summed E-state index contributed by atoms with van der Waals surface area (Å²) in [5.41, 5.74) is 2.02. The molecule has 1 aromatic heterocycles. The minimum absolute atomic E-state index is 0.152. The molecule has 1 aromatic carbocycles. The molecule has 0 atom stereocenters. The van der Waals surface area contributed by atoms with Gasteiger partial charge in [0.15, 0.2) is 0 Å². The van der Waals surface area contributed by atoms with Gasteiger partial charge in [-0.15, -0.1) is 0 Å². The number of hydrogen-bond donors (Lipinski definition) is 2. The SMILES string of the molecule is OCCNCc1ccn(-c2ccccc2)n1. The van der Waals surface area contributed by atoms with Crippen molar-refractivity contribution in [3.05, 3.63) is 48.3 Å². The Bertz CT molecular complexity index is 425. The Hall–Kier alpha value is -1.65. The van der Waals surface area contributed by atoms with E-state index in [0.29, 0.717) is 13.1 Å². The number of hydrogen-bond acceptors (Lipinski definition) is 3. The summed E-state index contributed by atoms with van der Waals surface area (Å²) in [4.78, 5) is 0. The summed E-state index contributed by atoms with van der Waals surface area (Å²) < 4.78 is 1.84. The van der Waals surface area contributed by atoms with Crippen LogP contribution in [0.1, 0.15) is 5.69 Å². The molecule has 0 aliphatic heterocycles. The predicted octanol–water partition coefficient (Wildman–Crippen LogP) is 0.954. The minimum atomic E-state index is 0.152. The quantitative estimate of drug-likeness (QED) is 0.733. The zero-order chi connectivity index (χ0) is 11.2. The number of rotatable bonds is 5. The van der Waals surface area contributed by atoms with Crippen LogP contribution in [0.3, 0.4) is 0 Å². The van der Waals surface area contributed by atoms with Crippen LogP contribution >= 0.6 is 0 Å². The first kappa shape index (κ1) is 10.9. The van der Waals surface area contributed by atoms with Gasteiger partial charge in [0.1, 0.15) is 0 Å². The summed E-state index contributed by atoms with van der Waals surface area (Å²) in [7, 11) is 0. The van der Waals surface area contributed by atoms with Gasteiger partial charge in [0, 0.05) is 19.3 Å². The lowest BCUT2D eigenvalue weighted by Crippen LogP contribution is -2.17. The van der Waals surface area contributed by atoms with Crippen LogP contribution in [-0.4, -0.2) is 28.0 Å². The molecule has 0 amide bonds. The Morgan fingerprint density at radius 2 is 2.00 bits per heavy atom. The van der Waals surface area contributed by atoms with Crippen LogP contribution < -0.4 is 5.32 Å². The highest BCUT2D eigenvalue weighted by Gasteiger charge is 1.99. The van der Waals surface area contributed by atoms with E-state index in [9.17, 15) is 0 Å². The van der Waals surface area contributed by atoms with E-state index in [1.165, 1.54) is 0 Å². The largest absolute Gasteiger partial charge is 0.395 e. The van der Waals surface area contributed by atoms with Gasteiger partial charge < -0.3 is 10.4 Å². The highest BCUT2D eigenvalue weighted by Crippen LogP contribution is 2.06. The van der Waals surface area contributed by atoms with Crippen LogP contribution in [0.15, 0.2) is 42.6 Å². The van der Waals surface area contributed by atoms with Gasteiger partial charge in [0.25, 0.3) is 0 Å². The molecule has 4 heteroatoms. The van der Waals surface area contributed by atoms with E-state index in [1.54, 1.807) is 0 Å². The topological polar surface area (TPSA) is 50.1 Å². The third kappa shape index (κ3) is 2.68. The molecular formula is C12H15N3O. The van der Waals surface area contributed by atoms with E-state index < -0.39 is 0 Å². The average Bonchev–Trinajstić information content (AvgIpc) is 2.79. The maximum atomic E-state index is 8.64. The molecule has 1 heterocycles. The van der Waals surface area contributed by atoms with Gasteiger partial charge in [-0.1, -0.05) is 18.2 Å². The smallest absolute Gasteiger partial charge is 0.0766 e. The maximum absolute atomic E-state index is 8.64. The van der Waals surface area contributed by atoms with Gasteiger partial charge in [0.05, 0.1) is 18.0 Å². The lowest BCUT2D eigenvalue weighted by atomic mass is 10.3. The second kappa shape index (κ2) is 5.44. The van der Waals surface area contributed by atoms with Gasteiger partial charge in [-0.25, -0.2) is 4.68 Å². The van der Waals surface area contributed by atoms with E-state index in [0.717, 1.165) is 11.4 Å². The summed E-state index contributed by atoms with van der Waals surface area (Å²) >= 11 is 0. The Kier molecular flexibility index (Phi) is 3.69. The normalized spacial score (nSPS) is 10.6. The molecule has 84 valence electrons. The molecule has 0 fully saturated rings. The van der Waals surface area contributed by atoms with Crippen molar-refractivity contribution in [3.63, 3.8) is 0 Å². The highest BCUT2D eigenvalue weighted by molar-refractivity contribution is 5.30. The van der Waals surface area contributed by atoms with Crippen LogP contribution in [0.4, 0.5) is 0 Å². The van der Waals surface area contributed by atoms with E-state index in [2.05, 4.69) is 10.4 Å². The summed E-state index contributed by atoms with van der Waals surface area (Å²) in [5, 5.41) is 16.2. The molecular weight excluding hydrogens is 202 g/mol. The predicted molar refractivity (Wildman–Crippen MR) is 62.4 cm³/mol. The van der Waals surface area contributed by atoms with E-state index >= 15 is 0 Å². The van der Waals surface area contributed by atoms with Gasteiger partial charge in [-0.05, 0) is 18.2 Å². The van der Waals surface area contributed by atoms with Gasteiger partial charge in [-0.2, -0.15) is 5.10 Å². The summed E-state index contributed by atoms with van der Waals surface area (Å²) in [5.74, 6) is 0. The summed E-state index contributed by atoms with van der Waals surface area (Å²) in [6.07, 6.45) is 1.94. The number of benzene rings is 1. The van der Waals surface area contributed by atoms with E-state index in [-0.39, 0.29) is 6.61 Å². The fraction of sp³-hybridized carbons (Fsp3) is 0.250. The molecule has 16 heavy (non-hydrogen) atoms. The molecule has 0 aliphatic rings. The molecule has 4 nitrogen and oxygen atoms in total. The monoisotopic (exact) mass is 217 g/mol. The number of aromatic nitrogens is 2. The number of aliphatic hydroxyl groups is 1. The van der Waals surface area contributed by atoms with Crippen molar-refractivity contribution in [2.45, 2.75) is 6.54 Å². The third-order valence-electron chi connectivity index (χ3n) is 2.26. The molecule has 0 spiro atoms. The van der Waals surface area contributed by atoms with Gasteiger partial charge in [0.2, 0.25) is 0 Å². The van der Waals surface area contributed by atoms with Crippen LogP contribution in [-0.2, 0) is 6.54 Å². The van der Waals surface area contributed by atoms with Gasteiger partial charge >= 0.3 is 0 Å². The Morgan fingerprint density at radius 3 is 2.75 bits per heavy atom. The molecule has 0 saturated carbocycles.